The summed E-state index contributed by atoms with van der Waals surface area (Å²) >= 11 is 0. The molecule has 0 radical (unpaired) electrons. The quantitative estimate of drug-likeness (QED) is 0.542. The maximum Gasteiger partial charge on any atom is 0.338 e. The number of nitrogens with zero attached hydrogens (tertiary/aromatic N) is 1. The van der Waals surface area contributed by atoms with E-state index in [1.807, 2.05) is 13.8 Å². The predicted octanol–water partition coefficient (Wildman–Crippen LogP) is 2.83. The fourth-order valence-corrected chi connectivity index (χ4v) is 3.77. The molecule has 3 atom stereocenters. The second-order valence-electron chi connectivity index (χ2n) is 8.62. The lowest BCUT2D eigenvalue weighted by atomic mass is 10.1. The minimum atomic E-state index is -0.822. The van der Waals surface area contributed by atoms with Crippen LogP contribution in [-0.4, -0.2) is 40.3 Å². The van der Waals surface area contributed by atoms with Crippen LogP contribution in [0.25, 0.3) is 0 Å². The van der Waals surface area contributed by atoms with Gasteiger partial charge in [-0.2, -0.15) is 0 Å². The first-order valence-electron chi connectivity index (χ1n) is 11.2. The van der Waals surface area contributed by atoms with Crippen molar-refractivity contribution in [3.05, 3.63) is 103 Å². The van der Waals surface area contributed by atoms with Crippen LogP contribution in [0.3, 0.4) is 0 Å². The summed E-state index contributed by atoms with van der Waals surface area (Å²) in [6.07, 6.45) is -0.903. The zero-order valence-electron chi connectivity index (χ0n) is 19.6. The molecule has 9 heteroatoms. The number of H-pyrrole nitrogens is 1. The fraction of sp³-hybridized carbons (Fsp3) is 0.308. The van der Waals surface area contributed by atoms with Crippen molar-refractivity contribution in [2.45, 2.75) is 45.6 Å². The zero-order chi connectivity index (χ0) is 25.1. The summed E-state index contributed by atoms with van der Waals surface area (Å²) in [5.41, 5.74) is 1.95. The summed E-state index contributed by atoms with van der Waals surface area (Å²) in [6.45, 7) is 5.20. The molecule has 1 fully saturated rings. The van der Waals surface area contributed by atoms with E-state index in [-0.39, 0.29) is 13.0 Å². The number of hydrogen-bond acceptors (Lipinski definition) is 7. The van der Waals surface area contributed by atoms with Gasteiger partial charge in [-0.3, -0.25) is 14.3 Å². The SMILES string of the molecule is Cc1ccc(C(=O)OC[C@H]2O[C@@H](n3cc(C)c(=O)[nH]c3=O)C[C@H]2OC(=O)c2ccc(C)cc2)cc1. The first-order chi connectivity index (χ1) is 16.7. The number of ether oxygens (including phenoxy) is 3. The molecule has 0 aliphatic carbocycles. The van der Waals surface area contributed by atoms with E-state index >= 15 is 0 Å². The maximum absolute atomic E-state index is 12.8. The Morgan fingerprint density at radius 2 is 1.51 bits per heavy atom. The molecule has 182 valence electrons. The van der Waals surface area contributed by atoms with Gasteiger partial charge in [-0.05, 0) is 45.0 Å². The van der Waals surface area contributed by atoms with E-state index in [0.717, 1.165) is 11.1 Å². The van der Waals surface area contributed by atoms with Gasteiger partial charge in [-0.25, -0.2) is 14.4 Å². The van der Waals surface area contributed by atoms with Gasteiger partial charge in [0.15, 0.2) is 0 Å². The number of aromatic nitrogens is 2. The van der Waals surface area contributed by atoms with Crippen LogP contribution in [0.5, 0.6) is 0 Å². The lowest BCUT2D eigenvalue weighted by Gasteiger charge is -2.19. The van der Waals surface area contributed by atoms with Crippen LogP contribution in [0, 0.1) is 20.8 Å². The highest BCUT2D eigenvalue weighted by atomic mass is 16.6. The molecule has 1 N–H and O–H groups in total. The molecule has 1 saturated heterocycles. The van der Waals surface area contributed by atoms with Gasteiger partial charge < -0.3 is 14.2 Å². The van der Waals surface area contributed by atoms with Gasteiger partial charge in [0, 0.05) is 18.2 Å². The molecule has 35 heavy (non-hydrogen) atoms. The smallest absolute Gasteiger partial charge is 0.338 e. The molecule has 9 nitrogen and oxygen atoms in total. The number of nitrogens with one attached hydrogen (secondary N) is 1. The van der Waals surface area contributed by atoms with Gasteiger partial charge in [-0.1, -0.05) is 35.4 Å². The van der Waals surface area contributed by atoms with E-state index in [9.17, 15) is 19.2 Å². The zero-order valence-corrected chi connectivity index (χ0v) is 19.6. The first-order valence-corrected chi connectivity index (χ1v) is 11.2. The van der Waals surface area contributed by atoms with E-state index in [2.05, 4.69) is 4.98 Å². The van der Waals surface area contributed by atoms with Crippen molar-refractivity contribution in [2.24, 2.45) is 0 Å². The van der Waals surface area contributed by atoms with Crippen molar-refractivity contribution < 1.29 is 23.8 Å². The summed E-state index contributed by atoms with van der Waals surface area (Å²) in [5, 5.41) is 0. The van der Waals surface area contributed by atoms with Gasteiger partial charge in [0.05, 0.1) is 11.1 Å². The second kappa shape index (κ2) is 10.1. The van der Waals surface area contributed by atoms with Crippen molar-refractivity contribution in [3.63, 3.8) is 0 Å². The van der Waals surface area contributed by atoms with Crippen molar-refractivity contribution >= 4 is 11.9 Å². The average Bonchev–Trinajstić information content (AvgIpc) is 3.22. The summed E-state index contributed by atoms with van der Waals surface area (Å²) in [4.78, 5) is 51.6. The topological polar surface area (TPSA) is 117 Å². The normalized spacial score (nSPS) is 19.3. The molecule has 1 aromatic heterocycles. The van der Waals surface area contributed by atoms with Crippen molar-refractivity contribution in [1.82, 2.24) is 9.55 Å². The summed E-state index contributed by atoms with van der Waals surface area (Å²) in [6, 6.07) is 13.8. The molecule has 4 rings (SSSR count). The standard InChI is InChI=1S/C26H26N2O7/c1-15-4-8-18(9-5-15)24(30)33-14-21-20(35-25(31)19-10-6-16(2)7-11-19)12-22(34-21)28-13-17(3)23(29)27-26(28)32/h4-11,13,20-22H,12,14H2,1-3H3,(H,27,29,32)/t20-,21-,22-/m1/s1. The van der Waals surface area contributed by atoms with Gasteiger partial charge in [0.2, 0.25) is 0 Å². The van der Waals surface area contributed by atoms with Crippen LogP contribution in [0.2, 0.25) is 0 Å². The van der Waals surface area contributed by atoms with Crippen molar-refractivity contribution in [1.29, 1.82) is 0 Å². The number of aryl methyl sites for hydroxylation is 3. The van der Waals surface area contributed by atoms with E-state index in [1.54, 1.807) is 55.5 Å². The van der Waals surface area contributed by atoms with Crippen molar-refractivity contribution in [3.8, 4) is 0 Å². The molecule has 0 amide bonds. The lowest BCUT2D eigenvalue weighted by molar-refractivity contribution is -0.0582. The van der Waals surface area contributed by atoms with Gasteiger partial charge in [-0.15, -0.1) is 0 Å². The molecule has 0 saturated carbocycles. The van der Waals surface area contributed by atoms with Crippen LogP contribution >= 0.6 is 0 Å². The van der Waals surface area contributed by atoms with Crippen LogP contribution < -0.4 is 11.2 Å². The Hall–Kier alpha value is -3.98. The molecule has 2 heterocycles. The van der Waals surface area contributed by atoms with E-state index in [0.29, 0.717) is 16.7 Å². The Kier molecular flexibility index (Phi) is 6.97. The number of benzene rings is 2. The maximum atomic E-state index is 12.8. The largest absolute Gasteiger partial charge is 0.459 e. The van der Waals surface area contributed by atoms with Gasteiger partial charge >= 0.3 is 17.6 Å². The predicted molar refractivity (Wildman–Crippen MR) is 126 cm³/mol. The van der Waals surface area contributed by atoms with E-state index in [4.69, 9.17) is 14.2 Å². The van der Waals surface area contributed by atoms with Crippen molar-refractivity contribution in [2.75, 3.05) is 6.61 Å². The number of aromatic amines is 1. The number of hydrogen-bond donors (Lipinski definition) is 1. The number of esters is 2. The Morgan fingerprint density at radius 3 is 2.11 bits per heavy atom. The number of rotatable bonds is 6. The molecule has 2 aromatic carbocycles. The molecule has 1 aliphatic heterocycles. The molecular formula is C26H26N2O7. The van der Waals surface area contributed by atoms with Crippen LogP contribution in [0.4, 0.5) is 0 Å². The minimum absolute atomic E-state index is 0.135. The van der Waals surface area contributed by atoms with Crippen LogP contribution in [-0.2, 0) is 14.2 Å². The van der Waals surface area contributed by atoms with E-state index in [1.165, 1.54) is 10.8 Å². The molecule has 0 unspecified atom stereocenters. The molecular weight excluding hydrogens is 452 g/mol. The Bertz CT molecular complexity index is 1340. The summed E-state index contributed by atoms with van der Waals surface area (Å²) in [7, 11) is 0. The Morgan fingerprint density at radius 1 is 0.943 bits per heavy atom. The minimum Gasteiger partial charge on any atom is -0.459 e. The third-order valence-corrected chi connectivity index (χ3v) is 5.85. The fourth-order valence-electron chi connectivity index (χ4n) is 3.77. The summed E-state index contributed by atoms with van der Waals surface area (Å²) in [5.74, 6) is -1.10. The van der Waals surface area contributed by atoms with Gasteiger partial charge in [0.25, 0.3) is 5.56 Å². The van der Waals surface area contributed by atoms with E-state index < -0.39 is 41.6 Å². The highest BCUT2D eigenvalue weighted by Crippen LogP contribution is 2.31. The highest BCUT2D eigenvalue weighted by Gasteiger charge is 2.40. The highest BCUT2D eigenvalue weighted by molar-refractivity contribution is 5.90. The number of carbonyl (C=O) groups excluding carboxylic acids is 2. The molecule has 3 aromatic rings. The third-order valence-electron chi connectivity index (χ3n) is 5.85. The monoisotopic (exact) mass is 478 g/mol. The van der Waals surface area contributed by atoms with Crippen LogP contribution in [0.1, 0.15) is 50.1 Å². The van der Waals surface area contributed by atoms with Gasteiger partial charge in [0.1, 0.15) is 25.0 Å². The Balaban J connectivity index is 1.53. The molecule has 1 aliphatic rings. The third kappa shape index (κ3) is 5.58. The first kappa shape index (κ1) is 24.2. The lowest BCUT2D eigenvalue weighted by Crippen LogP contribution is -2.33. The number of carbonyl (C=O) groups is 2. The summed E-state index contributed by atoms with van der Waals surface area (Å²) < 4.78 is 18.4. The Labute approximate surface area is 201 Å². The molecule has 0 bridgehead atoms. The average molecular weight is 479 g/mol. The van der Waals surface area contributed by atoms with Crippen LogP contribution in [0.15, 0.2) is 64.3 Å². The molecule has 0 spiro atoms. The second-order valence-corrected chi connectivity index (χ2v) is 8.62.